The van der Waals surface area contributed by atoms with Crippen molar-refractivity contribution in [2.45, 2.75) is 53.0 Å². The van der Waals surface area contributed by atoms with Gasteiger partial charge in [-0.25, -0.2) is 4.98 Å². The Morgan fingerprint density at radius 3 is 2.71 bits per heavy atom. The number of amides is 1. The van der Waals surface area contributed by atoms with E-state index < -0.39 is 16.8 Å². The van der Waals surface area contributed by atoms with Gasteiger partial charge in [0.1, 0.15) is 22.9 Å². The van der Waals surface area contributed by atoms with Gasteiger partial charge in [-0.1, -0.05) is 20.8 Å². The van der Waals surface area contributed by atoms with Crippen LogP contribution in [-0.2, 0) is 6.42 Å². The van der Waals surface area contributed by atoms with Crippen molar-refractivity contribution in [1.29, 1.82) is 0 Å². The molecule has 9 nitrogen and oxygen atoms in total. The number of carbonyl (C=O) groups is 1. The minimum atomic E-state index is -0.688. The molecule has 2 aromatic heterocycles. The van der Waals surface area contributed by atoms with E-state index in [1.807, 2.05) is 19.9 Å². The first-order valence-electron chi connectivity index (χ1n) is 11.4. The summed E-state index contributed by atoms with van der Waals surface area (Å²) in [6.07, 6.45) is 3.79. The molecule has 2 heterocycles. The number of anilines is 3. The van der Waals surface area contributed by atoms with E-state index >= 15 is 0 Å². The van der Waals surface area contributed by atoms with Crippen LogP contribution in [0.25, 0.3) is 0 Å². The molecular formula is C25H30N4O5. The molecule has 0 aliphatic heterocycles. The number of aromatic nitrogens is 1. The Hall–Kier alpha value is -3.62. The molecule has 1 amide bonds. The van der Waals surface area contributed by atoms with Gasteiger partial charge in [0.05, 0.1) is 11.7 Å². The van der Waals surface area contributed by atoms with Crippen LogP contribution in [0, 0.1) is 12.3 Å². The maximum atomic E-state index is 12.6. The molecule has 0 fully saturated rings. The summed E-state index contributed by atoms with van der Waals surface area (Å²) in [4.78, 5) is 43.1. The molecule has 4 rings (SSSR count). The number of nitrogens with zero attached hydrogens (tertiary/aromatic N) is 2. The minimum absolute atomic E-state index is 0.0509. The molecule has 3 N–H and O–H groups in total. The van der Waals surface area contributed by atoms with Crippen LogP contribution >= 0.6 is 0 Å². The lowest BCUT2D eigenvalue weighted by atomic mass is 9.72. The lowest BCUT2D eigenvalue weighted by molar-refractivity contribution is 0.0786. The fraction of sp³-hybridized carbons (Fsp3) is 0.440. The van der Waals surface area contributed by atoms with Gasteiger partial charge >= 0.3 is 0 Å². The summed E-state index contributed by atoms with van der Waals surface area (Å²) in [6, 6.07) is 3.18. The number of pyridine rings is 1. The molecule has 3 aromatic rings. The second kappa shape index (κ2) is 8.62. The molecule has 0 bridgehead atoms. The van der Waals surface area contributed by atoms with E-state index in [1.54, 1.807) is 7.05 Å². The summed E-state index contributed by atoms with van der Waals surface area (Å²) in [7, 11) is 1.63. The molecule has 0 saturated heterocycles. The Kier molecular flexibility index (Phi) is 5.97. The van der Waals surface area contributed by atoms with Crippen LogP contribution in [0.5, 0.6) is 5.75 Å². The van der Waals surface area contributed by atoms with Crippen LogP contribution in [-0.4, -0.2) is 34.5 Å². The Morgan fingerprint density at radius 2 is 2.00 bits per heavy atom. The summed E-state index contributed by atoms with van der Waals surface area (Å²) in [5, 5.41) is 16.8. The second-order valence-corrected chi connectivity index (χ2v) is 9.62. The molecule has 1 aliphatic carbocycles. The average molecular weight is 467 g/mol. The zero-order valence-electron chi connectivity index (χ0n) is 20.1. The maximum absolute atomic E-state index is 12.6. The number of aromatic hydroxyl groups is 1. The highest BCUT2D eigenvalue weighted by Gasteiger charge is 2.40. The normalized spacial score (nSPS) is 16.8. The molecular weight excluding hydrogens is 436 g/mol. The highest BCUT2D eigenvalue weighted by atomic mass is 16.3. The number of furan rings is 1. The highest BCUT2D eigenvalue weighted by Crippen LogP contribution is 2.46. The molecule has 0 unspecified atom stereocenters. The Bertz CT molecular complexity index is 1320. The van der Waals surface area contributed by atoms with Crippen molar-refractivity contribution in [2.24, 2.45) is 5.41 Å². The van der Waals surface area contributed by atoms with Crippen molar-refractivity contribution in [3.05, 3.63) is 61.6 Å². The first kappa shape index (κ1) is 23.5. The molecule has 180 valence electrons. The molecule has 1 atom stereocenters. The Labute approximate surface area is 197 Å². The summed E-state index contributed by atoms with van der Waals surface area (Å²) in [5.41, 5.74) is -0.321. The van der Waals surface area contributed by atoms with Crippen LogP contribution in [0.1, 0.15) is 67.2 Å². The van der Waals surface area contributed by atoms with Gasteiger partial charge in [0.25, 0.3) is 16.8 Å². The van der Waals surface area contributed by atoms with E-state index in [9.17, 15) is 19.5 Å². The van der Waals surface area contributed by atoms with Gasteiger partial charge < -0.3 is 25.1 Å². The third-order valence-electron chi connectivity index (χ3n) is 6.55. The first-order chi connectivity index (χ1) is 16.0. The zero-order chi connectivity index (χ0) is 24.8. The van der Waals surface area contributed by atoms with Gasteiger partial charge in [-0.2, -0.15) is 0 Å². The fourth-order valence-corrected chi connectivity index (χ4v) is 4.55. The molecule has 1 aliphatic rings. The number of carbonyl (C=O) groups excluding carboxylic acids is 1. The van der Waals surface area contributed by atoms with E-state index in [1.165, 1.54) is 17.2 Å². The van der Waals surface area contributed by atoms with Gasteiger partial charge in [-0.05, 0) is 37.3 Å². The van der Waals surface area contributed by atoms with Crippen molar-refractivity contribution in [3.8, 4) is 5.75 Å². The summed E-state index contributed by atoms with van der Waals surface area (Å²) in [6.45, 7) is 8.55. The van der Waals surface area contributed by atoms with Crippen LogP contribution in [0.4, 0.5) is 17.1 Å². The lowest BCUT2D eigenvalue weighted by Gasteiger charge is -2.39. The SMILES string of the molecule is CCCN(C)C(=O)c1nccc(Nc2c(N[C@H]3c4cc(C)oc4CCC3(C)C)c(=O)c2=O)c1O. The van der Waals surface area contributed by atoms with Gasteiger partial charge in [0.15, 0.2) is 11.4 Å². The third kappa shape index (κ3) is 3.95. The molecule has 0 spiro atoms. The molecule has 1 aromatic carbocycles. The summed E-state index contributed by atoms with van der Waals surface area (Å²) in [5.74, 6) is 0.872. The monoisotopic (exact) mass is 466 g/mol. The van der Waals surface area contributed by atoms with Crippen LogP contribution in [0.15, 0.2) is 32.3 Å². The minimum Gasteiger partial charge on any atom is -0.504 e. The number of rotatable bonds is 7. The molecule has 9 heteroatoms. The number of hydrogen-bond donors (Lipinski definition) is 3. The smallest absolute Gasteiger partial charge is 0.276 e. The number of nitrogens with one attached hydrogen (secondary N) is 2. The van der Waals surface area contributed by atoms with E-state index in [2.05, 4.69) is 29.5 Å². The van der Waals surface area contributed by atoms with Crippen molar-refractivity contribution in [3.63, 3.8) is 0 Å². The zero-order valence-corrected chi connectivity index (χ0v) is 20.1. The van der Waals surface area contributed by atoms with Gasteiger partial charge in [-0.3, -0.25) is 14.4 Å². The van der Waals surface area contributed by atoms with Crippen LogP contribution in [0.3, 0.4) is 0 Å². The Balaban J connectivity index is 1.65. The summed E-state index contributed by atoms with van der Waals surface area (Å²) >= 11 is 0. The third-order valence-corrected chi connectivity index (χ3v) is 6.55. The largest absolute Gasteiger partial charge is 0.504 e. The van der Waals surface area contributed by atoms with Crippen LogP contribution in [0.2, 0.25) is 0 Å². The lowest BCUT2D eigenvalue weighted by Crippen LogP contribution is -2.41. The topological polar surface area (TPSA) is 125 Å². The standard InChI is InChI=1S/C25H30N4O5/c1-6-11-29(5)24(33)19-20(30)15(8-10-26-19)27-17-18(22(32)21(17)31)28-23-14-12-13(2)34-16(14)7-9-25(23,3)4/h8,10,12,23,28,30H,6-7,9,11H2,1-5H3,(H,26,27)/t23-/m0/s1. The van der Waals surface area contributed by atoms with E-state index in [0.717, 1.165) is 36.3 Å². The predicted molar refractivity (Wildman–Crippen MR) is 130 cm³/mol. The van der Waals surface area contributed by atoms with Crippen molar-refractivity contribution in [2.75, 3.05) is 24.2 Å². The van der Waals surface area contributed by atoms with Crippen molar-refractivity contribution < 1.29 is 14.3 Å². The highest BCUT2D eigenvalue weighted by molar-refractivity contribution is 5.97. The van der Waals surface area contributed by atoms with E-state index in [-0.39, 0.29) is 40.0 Å². The molecule has 0 saturated carbocycles. The summed E-state index contributed by atoms with van der Waals surface area (Å²) < 4.78 is 5.82. The van der Waals surface area contributed by atoms with Gasteiger partial charge in [0.2, 0.25) is 0 Å². The quantitative estimate of drug-likeness (QED) is 0.451. The average Bonchev–Trinajstić information content (AvgIpc) is 3.17. The van der Waals surface area contributed by atoms with E-state index in [0.29, 0.717) is 6.54 Å². The number of fused-ring (bicyclic) bond motifs is 1. The van der Waals surface area contributed by atoms with Crippen LogP contribution < -0.4 is 21.5 Å². The maximum Gasteiger partial charge on any atom is 0.276 e. The number of aryl methyl sites for hydroxylation is 2. The number of hydrogen-bond acceptors (Lipinski definition) is 8. The molecule has 34 heavy (non-hydrogen) atoms. The van der Waals surface area contributed by atoms with E-state index in [4.69, 9.17) is 4.42 Å². The Morgan fingerprint density at radius 1 is 1.29 bits per heavy atom. The fourth-order valence-electron chi connectivity index (χ4n) is 4.55. The predicted octanol–water partition coefficient (Wildman–Crippen LogP) is 3.64. The molecule has 0 radical (unpaired) electrons. The van der Waals surface area contributed by atoms with Gasteiger partial charge in [-0.15, -0.1) is 0 Å². The first-order valence-corrected chi connectivity index (χ1v) is 11.4. The van der Waals surface area contributed by atoms with Crippen molar-refractivity contribution >= 4 is 23.0 Å². The second-order valence-electron chi connectivity index (χ2n) is 9.62. The van der Waals surface area contributed by atoms with Crippen molar-refractivity contribution in [1.82, 2.24) is 9.88 Å². The van der Waals surface area contributed by atoms with Gasteiger partial charge in [0, 0.05) is 31.8 Å².